The van der Waals surface area contributed by atoms with Gasteiger partial charge in [-0.1, -0.05) is 0 Å². The molecule has 0 saturated carbocycles. The molecule has 0 bridgehead atoms. The van der Waals surface area contributed by atoms with Crippen molar-refractivity contribution in [2.75, 3.05) is 14.2 Å². The molecule has 1 N–H and O–H groups in total. The third-order valence-corrected chi connectivity index (χ3v) is 2.31. The van der Waals surface area contributed by atoms with Crippen LogP contribution < -0.4 is 0 Å². The van der Waals surface area contributed by atoms with Crippen LogP contribution in [-0.4, -0.2) is 36.2 Å². The Morgan fingerprint density at radius 1 is 1.00 bits per heavy atom. The zero-order valence-corrected chi connectivity index (χ0v) is 10.0. The fourth-order valence-electron chi connectivity index (χ4n) is 1.49. The molecular formula is C11H13NO5. The number of pyridine rings is 1. The summed E-state index contributed by atoms with van der Waals surface area (Å²) in [6.07, 6.45) is 0. The topological polar surface area (TPSA) is 85.7 Å². The van der Waals surface area contributed by atoms with Crippen LogP contribution in [-0.2, 0) is 9.47 Å². The highest BCUT2D eigenvalue weighted by molar-refractivity contribution is 6.05. The van der Waals surface area contributed by atoms with E-state index in [9.17, 15) is 14.7 Å². The number of aromatic nitrogens is 1. The molecule has 0 aromatic carbocycles. The number of nitrogens with zero attached hydrogens (tertiary/aromatic N) is 1. The molecule has 1 rings (SSSR count). The summed E-state index contributed by atoms with van der Waals surface area (Å²) in [7, 11) is 2.34. The highest BCUT2D eigenvalue weighted by atomic mass is 16.5. The minimum Gasteiger partial charge on any atom is -0.505 e. The fourth-order valence-corrected chi connectivity index (χ4v) is 1.49. The van der Waals surface area contributed by atoms with E-state index in [1.807, 2.05) is 0 Å². The molecule has 6 nitrogen and oxygen atoms in total. The Morgan fingerprint density at radius 3 is 1.94 bits per heavy atom. The molecule has 0 radical (unpaired) electrons. The number of carbonyl (C=O) groups is 2. The Hall–Kier alpha value is -2.11. The summed E-state index contributed by atoms with van der Waals surface area (Å²) in [4.78, 5) is 27.1. The van der Waals surface area contributed by atoms with Crippen molar-refractivity contribution in [3.8, 4) is 5.75 Å². The van der Waals surface area contributed by atoms with Crippen molar-refractivity contribution in [2.24, 2.45) is 0 Å². The quantitative estimate of drug-likeness (QED) is 0.774. The Bertz CT molecular complexity index is 481. The summed E-state index contributed by atoms with van der Waals surface area (Å²) in [6, 6.07) is 0. The number of hydrogen-bond donors (Lipinski definition) is 1. The van der Waals surface area contributed by atoms with Gasteiger partial charge in [0, 0.05) is 0 Å². The van der Waals surface area contributed by atoms with E-state index < -0.39 is 11.9 Å². The van der Waals surface area contributed by atoms with Crippen LogP contribution in [0.4, 0.5) is 0 Å². The molecule has 0 aliphatic carbocycles. The smallest absolute Gasteiger partial charge is 0.342 e. The molecule has 0 amide bonds. The fraction of sp³-hybridized carbons (Fsp3) is 0.364. The predicted octanol–water partition coefficient (Wildman–Crippen LogP) is 0.977. The van der Waals surface area contributed by atoms with Gasteiger partial charge in [0.2, 0.25) is 0 Å². The van der Waals surface area contributed by atoms with Gasteiger partial charge in [-0.05, 0) is 13.8 Å². The Kier molecular flexibility index (Phi) is 3.67. The zero-order valence-electron chi connectivity index (χ0n) is 10.0. The standard InChI is InChI=1S/C11H13NO5/c1-5-7(10(14)16-3)8(11(15)17-4)9(13)6(2)12-5/h13H,1-4H3. The zero-order chi connectivity index (χ0) is 13.2. The molecular weight excluding hydrogens is 226 g/mol. The van der Waals surface area contributed by atoms with Gasteiger partial charge in [0.25, 0.3) is 0 Å². The number of aryl methyl sites for hydroxylation is 2. The van der Waals surface area contributed by atoms with E-state index in [1.165, 1.54) is 14.0 Å². The maximum Gasteiger partial charge on any atom is 0.342 e. The molecule has 0 fully saturated rings. The number of hydrogen-bond acceptors (Lipinski definition) is 6. The lowest BCUT2D eigenvalue weighted by molar-refractivity contribution is 0.0550. The van der Waals surface area contributed by atoms with Gasteiger partial charge < -0.3 is 14.6 Å². The highest BCUT2D eigenvalue weighted by Gasteiger charge is 2.27. The van der Waals surface area contributed by atoms with Gasteiger partial charge >= 0.3 is 11.9 Å². The largest absolute Gasteiger partial charge is 0.505 e. The second-order valence-electron chi connectivity index (χ2n) is 3.36. The van der Waals surface area contributed by atoms with Crippen LogP contribution in [0.2, 0.25) is 0 Å². The van der Waals surface area contributed by atoms with Crippen LogP contribution in [0.5, 0.6) is 5.75 Å². The SMILES string of the molecule is COC(=O)c1c(C)nc(C)c(O)c1C(=O)OC. The van der Waals surface area contributed by atoms with Crippen molar-refractivity contribution >= 4 is 11.9 Å². The van der Waals surface area contributed by atoms with Gasteiger partial charge in [-0.25, -0.2) is 9.59 Å². The summed E-state index contributed by atoms with van der Waals surface area (Å²) < 4.78 is 9.08. The number of methoxy groups -OCH3 is 2. The average molecular weight is 239 g/mol. The van der Waals surface area contributed by atoms with E-state index >= 15 is 0 Å². The summed E-state index contributed by atoms with van der Waals surface area (Å²) in [5, 5.41) is 9.78. The number of rotatable bonds is 2. The molecule has 1 heterocycles. The van der Waals surface area contributed by atoms with E-state index in [0.717, 1.165) is 7.11 Å². The molecule has 0 saturated heterocycles. The van der Waals surface area contributed by atoms with Crippen LogP contribution in [0, 0.1) is 13.8 Å². The van der Waals surface area contributed by atoms with Crippen LogP contribution in [0.1, 0.15) is 32.1 Å². The van der Waals surface area contributed by atoms with E-state index in [-0.39, 0.29) is 22.6 Å². The van der Waals surface area contributed by atoms with Crippen LogP contribution >= 0.6 is 0 Å². The minimum atomic E-state index is -0.809. The third kappa shape index (κ3) is 2.20. The summed E-state index contributed by atoms with van der Waals surface area (Å²) in [5.41, 5.74) is 0.245. The maximum absolute atomic E-state index is 11.6. The van der Waals surface area contributed by atoms with Gasteiger partial charge in [0.1, 0.15) is 5.56 Å². The average Bonchev–Trinajstić information content (AvgIpc) is 2.31. The molecule has 1 aromatic heterocycles. The molecule has 92 valence electrons. The minimum absolute atomic E-state index is 0.0811. The van der Waals surface area contributed by atoms with Crippen molar-refractivity contribution in [1.29, 1.82) is 0 Å². The first-order chi connectivity index (χ1) is 7.93. The van der Waals surface area contributed by atoms with Gasteiger partial charge in [0.05, 0.1) is 31.2 Å². The molecule has 0 atom stereocenters. The number of esters is 2. The Labute approximate surface area is 98.2 Å². The van der Waals surface area contributed by atoms with Crippen LogP contribution in [0.15, 0.2) is 0 Å². The first-order valence-corrected chi connectivity index (χ1v) is 4.80. The normalized spacial score (nSPS) is 9.88. The van der Waals surface area contributed by atoms with E-state index in [1.54, 1.807) is 6.92 Å². The van der Waals surface area contributed by atoms with Gasteiger partial charge in [-0.15, -0.1) is 0 Å². The number of carbonyl (C=O) groups excluding carboxylic acids is 2. The first-order valence-electron chi connectivity index (χ1n) is 4.80. The van der Waals surface area contributed by atoms with E-state index in [0.29, 0.717) is 5.69 Å². The second kappa shape index (κ2) is 4.82. The van der Waals surface area contributed by atoms with Crippen molar-refractivity contribution in [2.45, 2.75) is 13.8 Å². The Morgan fingerprint density at radius 2 is 1.47 bits per heavy atom. The van der Waals surface area contributed by atoms with Gasteiger partial charge in [-0.2, -0.15) is 0 Å². The van der Waals surface area contributed by atoms with Crippen molar-refractivity contribution < 1.29 is 24.2 Å². The van der Waals surface area contributed by atoms with Crippen molar-refractivity contribution in [3.63, 3.8) is 0 Å². The van der Waals surface area contributed by atoms with Crippen molar-refractivity contribution in [3.05, 3.63) is 22.5 Å². The van der Waals surface area contributed by atoms with Crippen LogP contribution in [0.3, 0.4) is 0 Å². The molecule has 6 heteroatoms. The molecule has 0 spiro atoms. The molecule has 0 aliphatic rings. The van der Waals surface area contributed by atoms with E-state index in [2.05, 4.69) is 14.5 Å². The lowest BCUT2D eigenvalue weighted by Gasteiger charge is -2.12. The lowest BCUT2D eigenvalue weighted by atomic mass is 10.0. The van der Waals surface area contributed by atoms with Gasteiger partial charge in [-0.3, -0.25) is 4.98 Å². The molecule has 0 unspecified atom stereocenters. The molecule has 0 aliphatic heterocycles. The predicted molar refractivity (Wildman–Crippen MR) is 58.1 cm³/mol. The Balaban J connectivity index is 3.61. The third-order valence-electron chi connectivity index (χ3n) is 2.31. The maximum atomic E-state index is 11.6. The molecule has 1 aromatic rings. The van der Waals surface area contributed by atoms with Crippen molar-refractivity contribution in [1.82, 2.24) is 4.98 Å². The number of aromatic hydroxyl groups is 1. The second-order valence-corrected chi connectivity index (χ2v) is 3.36. The van der Waals surface area contributed by atoms with Crippen LogP contribution in [0.25, 0.3) is 0 Å². The summed E-state index contributed by atoms with van der Waals surface area (Å²) in [5.74, 6) is -1.93. The monoisotopic (exact) mass is 239 g/mol. The first kappa shape index (κ1) is 13.0. The molecule has 17 heavy (non-hydrogen) atoms. The summed E-state index contributed by atoms with van der Waals surface area (Å²) >= 11 is 0. The summed E-state index contributed by atoms with van der Waals surface area (Å²) in [6.45, 7) is 3.07. The van der Waals surface area contributed by atoms with E-state index in [4.69, 9.17) is 0 Å². The lowest BCUT2D eigenvalue weighted by Crippen LogP contribution is -2.16. The van der Waals surface area contributed by atoms with Gasteiger partial charge in [0.15, 0.2) is 5.75 Å². The highest BCUT2D eigenvalue weighted by Crippen LogP contribution is 2.27. The number of ether oxygens (including phenoxy) is 2.